The van der Waals surface area contributed by atoms with Crippen LogP contribution in [0.25, 0.3) is 6.08 Å². The highest BCUT2D eigenvalue weighted by molar-refractivity contribution is 5.96. The number of ketones is 1. The molecule has 6 heteroatoms. The van der Waals surface area contributed by atoms with E-state index in [1.165, 1.54) is 6.08 Å². The first-order valence-electron chi connectivity index (χ1n) is 12.4. The Bertz CT molecular complexity index is 1150. The Hall–Kier alpha value is -2.54. The molecular weight excluding hydrogens is 444 g/mol. The van der Waals surface area contributed by atoms with Crippen molar-refractivity contribution in [3.63, 3.8) is 0 Å². The number of rotatable bonds is 4. The zero-order valence-corrected chi connectivity index (χ0v) is 20.6. The number of carbonyl (C=O) groups excluding carboxylic acids is 2. The van der Waals surface area contributed by atoms with Crippen molar-refractivity contribution < 1.29 is 29.6 Å². The van der Waals surface area contributed by atoms with Crippen LogP contribution in [0.15, 0.2) is 59.7 Å². The number of aliphatic hydroxyl groups is 3. The summed E-state index contributed by atoms with van der Waals surface area (Å²) >= 11 is 0. The van der Waals surface area contributed by atoms with E-state index in [1.54, 1.807) is 25.2 Å². The van der Waals surface area contributed by atoms with Gasteiger partial charge < -0.3 is 20.1 Å². The Labute approximate surface area is 206 Å². The van der Waals surface area contributed by atoms with Crippen molar-refractivity contribution in [1.82, 2.24) is 0 Å². The van der Waals surface area contributed by atoms with Crippen molar-refractivity contribution in [3.8, 4) is 0 Å². The molecule has 0 aromatic heterocycles. The lowest BCUT2D eigenvalue weighted by molar-refractivity contribution is -0.201. The molecule has 0 aliphatic heterocycles. The number of hydrogen-bond donors (Lipinski definition) is 3. The largest absolute Gasteiger partial charge is 0.451 e. The van der Waals surface area contributed by atoms with Gasteiger partial charge in [0.25, 0.3) is 0 Å². The molecule has 186 valence electrons. The fourth-order valence-corrected chi connectivity index (χ4v) is 7.52. The van der Waals surface area contributed by atoms with Gasteiger partial charge in [-0.15, -0.1) is 0 Å². The highest BCUT2D eigenvalue weighted by Gasteiger charge is 2.77. The predicted molar refractivity (Wildman–Crippen MR) is 131 cm³/mol. The number of ether oxygens (including phenoxy) is 1. The molecule has 0 saturated heterocycles. The van der Waals surface area contributed by atoms with E-state index in [9.17, 15) is 24.9 Å². The zero-order chi connectivity index (χ0) is 25.3. The molecule has 9 atom stereocenters. The van der Waals surface area contributed by atoms with Gasteiger partial charge in [0.2, 0.25) is 0 Å². The van der Waals surface area contributed by atoms with Crippen LogP contribution in [0.5, 0.6) is 0 Å². The summed E-state index contributed by atoms with van der Waals surface area (Å²) < 4.78 is 5.78. The van der Waals surface area contributed by atoms with Gasteiger partial charge in [-0.05, 0) is 59.3 Å². The van der Waals surface area contributed by atoms with Crippen LogP contribution in [0.1, 0.15) is 39.7 Å². The Balaban J connectivity index is 1.57. The van der Waals surface area contributed by atoms with Gasteiger partial charge in [-0.2, -0.15) is 0 Å². The van der Waals surface area contributed by atoms with Crippen molar-refractivity contribution in [2.75, 3.05) is 6.61 Å². The number of esters is 1. The summed E-state index contributed by atoms with van der Waals surface area (Å²) in [6.07, 6.45) is 4.23. The Morgan fingerprint density at radius 3 is 2.57 bits per heavy atom. The van der Waals surface area contributed by atoms with Gasteiger partial charge in [-0.25, -0.2) is 4.79 Å². The monoisotopic (exact) mass is 478 g/mol. The molecule has 2 bridgehead atoms. The van der Waals surface area contributed by atoms with Crippen LogP contribution in [0.2, 0.25) is 0 Å². The Morgan fingerprint density at radius 1 is 1.23 bits per heavy atom. The average molecular weight is 479 g/mol. The third kappa shape index (κ3) is 3.06. The number of aliphatic hydroxyl groups excluding tert-OH is 2. The maximum absolute atomic E-state index is 14.4. The van der Waals surface area contributed by atoms with Crippen LogP contribution in [-0.4, -0.2) is 51.5 Å². The third-order valence-corrected chi connectivity index (χ3v) is 9.73. The minimum atomic E-state index is -2.12. The molecular formula is C29H34O6. The maximum atomic E-state index is 14.4. The fraction of sp³-hybridized carbons (Fsp3) is 0.517. The SMILES string of the molecule is CC1=C[C@]23C(=O)[C@@H](C=C(CO)[C@@H](O)[C@]2(O)[C@H]1OC(=O)C=Cc1ccccc1)[C@]1(C)[C@H](C)[C@@H]1C[C@H]3C. The van der Waals surface area contributed by atoms with Crippen molar-refractivity contribution in [2.24, 2.45) is 34.5 Å². The van der Waals surface area contributed by atoms with E-state index in [4.69, 9.17) is 4.74 Å². The summed E-state index contributed by atoms with van der Waals surface area (Å²) in [6, 6.07) is 9.28. The molecule has 0 unspecified atom stereocenters. The standard InChI is InChI=1S/C29H34O6/c1-16-14-28-17(2)12-21-18(3)27(21,4)22(25(28)33)13-20(15-30)24(32)29(28,34)26(16)35-23(31)11-10-19-8-6-5-7-9-19/h5-11,13-14,17-18,21-22,24,26,30,32,34H,12,15H2,1-4H3/t17-,18-,21+,22-,24-,26+,27-,28+,29+/m1/s1. The highest BCUT2D eigenvalue weighted by atomic mass is 16.6. The second kappa shape index (κ2) is 7.99. The van der Waals surface area contributed by atoms with E-state index in [1.807, 2.05) is 37.3 Å². The number of Topliss-reactive ketones (excluding diaryl/α,β-unsaturated/α-hetero) is 1. The minimum absolute atomic E-state index is 0.165. The molecule has 4 aliphatic rings. The second-order valence-electron chi connectivity index (χ2n) is 11.2. The van der Waals surface area contributed by atoms with Gasteiger partial charge in [0.1, 0.15) is 6.10 Å². The summed E-state index contributed by atoms with van der Waals surface area (Å²) in [5, 5.41) is 34.1. The van der Waals surface area contributed by atoms with Gasteiger partial charge in [-0.3, -0.25) is 4.79 Å². The molecule has 6 nitrogen and oxygen atoms in total. The number of carbonyl (C=O) groups is 2. The van der Waals surface area contributed by atoms with E-state index < -0.39 is 41.7 Å². The van der Waals surface area contributed by atoms with E-state index in [2.05, 4.69) is 13.8 Å². The normalized spacial score (nSPS) is 44.0. The summed E-state index contributed by atoms with van der Waals surface area (Å²) in [5.74, 6) is -1.07. The smallest absolute Gasteiger partial charge is 0.331 e. The first-order chi connectivity index (χ1) is 16.5. The molecule has 2 saturated carbocycles. The second-order valence-corrected chi connectivity index (χ2v) is 11.2. The van der Waals surface area contributed by atoms with E-state index >= 15 is 0 Å². The van der Waals surface area contributed by atoms with E-state index in [0.717, 1.165) is 12.0 Å². The summed E-state index contributed by atoms with van der Waals surface area (Å²) in [4.78, 5) is 27.2. The van der Waals surface area contributed by atoms with Gasteiger partial charge in [0.05, 0.1) is 12.0 Å². The van der Waals surface area contributed by atoms with E-state index in [-0.39, 0.29) is 22.7 Å². The van der Waals surface area contributed by atoms with Crippen LogP contribution in [0.3, 0.4) is 0 Å². The van der Waals surface area contributed by atoms with Gasteiger partial charge in [0, 0.05) is 12.0 Å². The van der Waals surface area contributed by atoms with Crippen LogP contribution in [0.4, 0.5) is 0 Å². The topological polar surface area (TPSA) is 104 Å². The van der Waals surface area contributed by atoms with Gasteiger partial charge in [-0.1, -0.05) is 63.3 Å². The molecule has 1 aromatic rings. The molecule has 35 heavy (non-hydrogen) atoms. The maximum Gasteiger partial charge on any atom is 0.331 e. The van der Waals surface area contributed by atoms with Crippen molar-refractivity contribution >= 4 is 17.8 Å². The molecule has 4 aliphatic carbocycles. The third-order valence-electron chi connectivity index (χ3n) is 9.73. The Morgan fingerprint density at radius 2 is 1.91 bits per heavy atom. The quantitative estimate of drug-likeness (QED) is 0.349. The first kappa shape index (κ1) is 24.2. The summed E-state index contributed by atoms with van der Waals surface area (Å²) in [5.41, 5.74) is -2.31. The molecule has 1 spiro atoms. The van der Waals surface area contributed by atoms with Gasteiger partial charge in [0.15, 0.2) is 17.5 Å². The predicted octanol–water partition coefficient (Wildman–Crippen LogP) is 3.08. The molecule has 0 amide bonds. The van der Waals surface area contributed by atoms with Crippen LogP contribution in [0, 0.1) is 34.5 Å². The first-order valence-corrected chi connectivity index (χ1v) is 12.4. The molecule has 2 fully saturated rings. The summed E-state index contributed by atoms with van der Waals surface area (Å²) in [6.45, 7) is 7.40. The minimum Gasteiger partial charge on any atom is -0.451 e. The lowest BCUT2D eigenvalue weighted by Gasteiger charge is -2.48. The van der Waals surface area contributed by atoms with Gasteiger partial charge >= 0.3 is 5.97 Å². The lowest BCUT2D eigenvalue weighted by Crippen LogP contribution is -2.65. The van der Waals surface area contributed by atoms with Crippen LogP contribution < -0.4 is 0 Å². The molecule has 1 aromatic carbocycles. The molecule has 0 heterocycles. The van der Waals surface area contributed by atoms with Crippen LogP contribution in [-0.2, 0) is 14.3 Å². The Kier molecular flexibility index (Phi) is 5.51. The van der Waals surface area contributed by atoms with Crippen LogP contribution >= 0.6 is 0 Å². The number of allylic oxidation sites excluding steroid dienone is 1. The number of hydrogen-bond acceptors (Lipinski definition) is 6. The average Bonchev–Trinajstić information content (AvgIpc) is 3.30. The van der Waals surface area contributed by atoms with E-state index in [0.29, 0.717) is 17.4 Å². The molecule has 5 rings (SSSR count). The number of fused-ring (bicyclic) bond motifs is 3. The van der Waals surface area contributed by atoms with Crippen molar-refractivity contribution in [1.29, 1.82) is 0 Å². The van der Waals surface area contributed by atoms with Crippen molar-refractivity contribution in [2.45, 2.75) is 51.9 Å². The zero-order valence-electron chi connectivity index (χ0n) is 20.6. The van der Waals surface area contributed by atoms with Crippen molar-refractivity contribution in [3.05, 3.63) is 65.3 Å². The summed E-state index contributed by atoms with van der Waals surface area (Å²) in [7, 11) is 0. The number of benzene rings is 1. The lowest BCUT2D eigenvalue weighted by atomic mass is 9.59. The highest BCUT2D eigenvalue weighted by Crippen LogP contribution is 2.72. The fourth-order valence-electron chi connectivity index (χ4n) is 7.52. The molecule has 0 radical (unpaired) electrons. The molecule has 3 N–H and O–H groups in total.